The summed E-state index contributed by atoms with van der Waals surface area (Å²) >= 11 is 0. The van der Waals surface area contributed by atoms with Gasteiger partial charge in [-0.05, 0) is 49.8 Å². The maximum atomic E-state index is 13.1. The molecule has 1 N–H and O–H groups in total. The van der Waals surface area contributed by atoms with Gasteiger partial charge in [0, 0.05) is 19.1 Å². The Labute approximate surface area is 127 Å². The Hall–Kier alpha value is -1.35. The number of nitrogens with zero attached hydrogens (tertiary/aromatic N) is 1. The highest BCUT2D eigenvalue weighted by Crippen LogP contribution is 2.33. The van der Waals surface area contributed by atoms with Crippen LogP contribution in [0.1, 0.15) is 49.7 Å². The van der Waals surface area contributed by atoms with Crippen LogP contribution in [0.15, 0.2) is 24.3 Å². The van der Waals surface area contributed by atoms with Crippen LogP contribution >= 0.6 is 0 Å². The van der Waals surface area contributed by atoms with Crippen LogP contribution in [0.2, 0.25) is 0 Å². The van der Waals surface area contributed by atoms with Crippen molar-refractivity contribution in [3.8, 4) is 0 Å². The minimum atomic E-state index is 0.0853. The van der Waals surface area contributed by atoms with Gasteiger partial charge in [-0.2, -0.15) is 0 Å². The first kappa shape index (κ1) is 14.6. The monoisotopic (exact) mass is 286 g/mol. The first-order valence-corrected chi connectivity index (χ1v) is 8.40. The van der Waals surface area contributed by atoms with E-state index in [2.05, 4.69) is 41.4 Å². The molecular weight excluding hydrogens is 260 g/mol. The average Bonchev–Trinajstić information content (AvgIpc) is 3.05. The molecule has 3 heteroatoms. The molecular formula is C18H26N2O. The van der Waals surface area contributed by atoms with Gasteiger partial charge in [-0.25, -0.2) is 0 Å². The molecule has 0 radical (unpaired) electrons. The van der Waals surface area contributed by atoms with Crippen LogP contribution in [0.5, 0.6) is 0 Å². The molecule has 0 bridgehead atoms. The van der Waals surface area contributed by atoms with Crippen molar-refractivity contribution >= 4 is 5.91 Å². The molecule has 21 heavy (non-hydrogen) atoms. The van der Waals surface area contributed by atoms with Crippen LogP contribution in [0.25, 0.3) is 0 Å². The van der Waals surface area contributed by atoms with E-state index in [1.54, 1.807) is 0 Å². The van der Waals surface area contributed by atoms with Crippen molar-refractivity contribution < 1.29 is 4.79 Å². The molecule has 0 saturated carbocycles. The number of amides is 1. The highest BCUT2D eigenvalue weighted by atomic mass is 16.2. The van der Waals surface area contributed by atoms with E-state index in [-0.39, 0.29) is 5.92 Å². The molecule has 3 rings (SSSR count). The fourth-order valence-electron chi connectivity index (χ4n) is 3.83. The molecule has 2 aliphatic rings. The van der Waals surface area contributed by atoms with E-state index in [0.29, 0.717) is 11.9 Å². The molecule has 1 aliphatic carbocycles. The zero-order valence-electron chi connectivity index (χ0n) is 13.0. The van der Waals surface area contributed by atoms with Gasteiger partial charge in [0.05, 0.1) is 5.92 Å². The maximum absolute atomic E-state index is 13.1. The minimum Gasteiger partial charge on any atom is -0.338 e. The molecule has 1 aliphatic heterocycles. The van der Waals surface area contributed by atoms with Crippen molar-refractivity contribution in [2.24, 2.45) is 0 Å². The molecule has 1 aromatic carbocycles. The number of benzene rings is 1. The number of carbonyl (C=O) groups is 1. The predicted molar refractivity (Wildman–Crippen MR) is 85.4 cm³/mol. The molecule has 1 amide bonds. The third-order valence-electron chi connectivity index (χ3n) is 4.89. The Morgan fingerprint density at radius 1 is 1.33 bits per heavy atom. The summed E-state index contributed by atoms with van der Waals surface area (Å²) < 4.78 is 0. The maximum Gasteiger partial charge on any atom is 0.230 e. The van der Waals surface area contributed by atoms with Crippen molar-refractivity contribution in [1.29, 1.82) is 0 Å². The van der Waals surface area contributed by atoms with Gasteiger partial charge < -0.3 is 10.2 Å². The topological polar surface area (TPSA) is 32.3 Å². The third-order valence-corrected chi connectivity index (χ3v) is 4.89. The van der Waals surface area contributed by atoms with E-state index in [0.717, 1.165) is 51.7 Å². The Morgan fingerprint density at radius 2 is 2.19 bits per heavy atom. The smallest absolute Gasteiger partial charge is 0.230 e. The Kier molecular flexibility index (Phi) is 4.59. The van der Waals surface area contributed by atoms with Gasteiger partial charge in [-0.15, -0.1) is 0 Å². The first-order valence-electron chi connectivity index (χ1n) is 8.40. The van der Waals surface area contributed by atoms with Crippen LogP contribution < -0.4 is 5.32 Å². The van der Waals surface area contributed by atoms with Gasteiger partial charge in [0.1, 0.15) is 0 Å². The summed E-state index contributed by atoms with van der Waals surface area (Å²) in [6, 6.07) is 8.92. The summed E-state index contributed by atoms with van der Waals surface area (Å²) in [6.07, 6.45) is 5.40. The normalized spacial score (nSPS) is 24.6. The zero-order chi connectivity index (χ0) is 14.7. The molecule has 1 heterocycles. The molecule has 0 spiro atoms. The number of nitrogens with one attached hydrogen (secondary N) is 1. The zero-order valence-corrected chi connectivity index (χ0v) is 13.0. The molecule has 2 atom stereocenters. The van der Waals surface area contributed by atoms with Gasteiger partial charge in [0.15, 0.2) is 0 Å². The lowest BCUT2D eigenvalue weighted by Gasteiger charge is -2.34. The highest BCUT2D eigenvalue weighted by Gasteiger charge is 2.33. The van der Waals surface area contributed by atoms with Crippen molar-refractivity contribution in [1.82, 2.24) is 10.2 Å². The number of hydrogen-bond donors (Lipinski definition) is 1. The SMILES string of the molecule is CCCN(C(=O)C1CCCc2ccccc21)C1CCNC1. The van der Waals surface area contributed by atoms with E-state index < -0.39 is 0 Å². The number of hydrogen-bond acceptors (Lipinski definition) is 2. The minimum absolute atomic E-state index is 0.0853. The van der Waals surface area contributed by atoms with E-state index in [9.17, 15) is 4.79 Å². The average molecular weight is 286 g/mol. The summed E-state index contributed by atoms with van der Waals surface area (Å²) in [6.45, 7) is 5.06. The largest absolute Gasteiger partial charge is 0.338 e. The second-order valence-corrected chi connectivity index (χ2v) is 6.32. The molecule has 2 unspecified atom stereocenters. The lowest BCUT2D eigenvalue weighted by molar-refractivity contribution is -0.135. The van der Waals surface area contributed by atoms with Crippen molar-refractivity contribution in [3.63, 3.8) is 0 Å². The van der Waals surface area contributed by atoms with Crippen LogP contribution in [0.3, 0.4) is 0 Å². The van der Waals surface area contributed by atoms with Crippen molar-refractivity contribution in [2.45, 2.75) is 51.0 Å². The second kappa shape index (κ2) is 6.61. The van der Waals surface area contributed by atoms with Crippen LogP contribution in [0, 0.1) is 0 Å². The van der Waals surface area contributed by atoms with Crippen LogP contribution in [-0.4, -0.2) is 36.5 Å². The van der Waals surface area contributed by atoms with E-state index >= 15 is 0 Å². The highest BCUT2D eigenvalue weighted by molar-refractivity contribution is 5.84. The first-order chi connectivity index (χ1) is 10.3. The predicted octanol–water partition coefficient (Wildman–Crippen LogP) is 2.71. The van der Waals surface area contributed by atoms with Crippen molar-refractivity contribution in [2.75, 3.05) is 19.6 Å². The molecule has 1 saturated heterocycles. The lowest BCUT2D eigenvalue weighted by atomic mass is 9.82. The Bertz CT molecular complexity index is 494. The third kappa shape index (κ3) is 2.98. The Morgan fingerprint density at radius 3 is 2.95 bits per heavy atom. The number of carbonyl (C=O) groups excluding carboxylic acids is 1. The fourth-order valence-corrected chi connectivity index (χ4v) is 3.83. The quantitative estimate of drug-likeness (QED) is 0.923. The summed E-state index contributed by atoms with van der Waals surface area (Å²) in [5.41, 5.74) is 2.66. The summed E-state index contributed by atoms with van der Waals surface area (Å²) in [5.74, 6) is 0.444. The molecule has 3 nitrogen and oxygen atoms in total. The van der Waals surface area contributed by atoms with E-state index in [1.807, 2.05) is 0 Å². The number of rotatable bonds is 4. The molecule has 114 valence electrons. The van der Waals surface area contributed by atoms with Gasteiger partial charge in [-0.3, -0.25) is 4.79 Å². The summed E-state index contributed by atoms with van der Waals surface area (Å²) in [7, 11) is 0. The standard InChI is InChI=1S/C18H26N2O/c1-2-12-20(15-10-11-19-13-15)18(21)17-9-5-7-14-6-3-4-8-16(14)17/h3-4,6,8,15,17,19H,2,5,7,9-13H2,1H3. The lowest BCUT2D eigenvalue weighted by Crippen LogP contribution is -2.45. The van der Waals surface area contributed by atoms with Crippen molar-refractivity contribution in [3.05, 3.63) is 35.4 Å². The summed E-state index contributed by atoms with van der Waals surface area (Å²) in [4.78, 5) is 15.3. The fraction of sp³-hybridized carbons (Fsp3) is 0.611. The summed E-state index contributed by atoms with van der Waals surface area (Å²) in [5, 5.41) is 3.39. The van der Waals surface area contributed by atoms with Crippen LogP contribution in [0.4, 0.5) is 0 Å². The van der Waals surface area contributed by atoms with E-state index in [1.165, 1.54) is 11.1 Å². The van der Waals surface area contributed by atoms with Crippen LogP contribution in [-0.2, 0) is 11.2 Å². The number of aryl methyl sites for hydroxylation is 1. The van der Waals surface area contributed by atoms with Gasteiger partial charge in [-0.1, -0.05) is 31.2 Å². The Balaban J connectivity index is 1.83. The number of fused-ring (bicyclic) bond motifs is 1. The second-order valence-electron chi connectivity index (χ2n) is 6.32. The molecule has 0 aromatic heterocycles. The van der Waals surface area contributed by atoms with E-state index in [4.69, 9.17) is 0 Å². The van der Waals surface area contributed by atoms with Gasteiger partial charge in [0.2, 0.25) is 5.91 Å². The molecule has 1 aromatic rings. The van der Waals surface area contributed by atoms with Gasteiger partial charge >= 0.3 is 0 Å². The van der Waals surface area contributed by atoms with Gasteiger partial charge in [0.25, 0.3) is 0 Å². The molecule has 1 fully saturated rings.